The molecular weight excluding hydrogens is 282 g/mol. The molecule has 1 atom stereocenters. The van der Waals surface area contributed by atoms with Crippen molar-refractivity contribution in [3.8, 4) is 0 Å². The Bertz CT molecular complexity index is 534. The minimum atomic E-state index is -0.319. The third-order valence-electron chi connectivity index (χ3n) is 4.01. The van der Waals surface area contributed by atoms with E-state index in [4.69, 9.17) is 15.5 Å². The summed E-state index contributed by atoms with van der Waals surface area (Å²) in [6.07, 6.45) is 4.30. The zero-order chi connectivity index (χ0) is 15.5. The predicted octanol–water partition coefficient (Wildman–Crippen LogP) is -0.0237. The quantitative estimate of drug-likeness (QED) is 0.795. The van der Waals surface area contributed by atoms with Gasteiger partial charge in [-0.2, -0.15) is 0 Å². The molecule has 1 amide bonds. The maximum atomic E-state index is 11.0. The zero-order valence-electron chi connectivity index (χ0n) is 12.9. The smallest absolute Gasteiger partial charge is 0.231 e. The van der Waals surface area contributed by atoms with Gasteiger partial charge in [-0.1, -0.05) is 0 Å². The molecule has 0 unspecified atom stereocenters. The maximum Gasteiger partial charge on any atom is 0.231 e. The van der Waals surface area contributed by atoms with Gasteiger partial charge in [0.05, 0.1) is 19.3 Å². The number of nitrogens with zero attached hydrogens (tertiary/aromatic N) is 4. The van der Waals surface area contributed by atoms with Crippen LogP contribution in [0.4, 0.5) is 5.82 Å². The van der Waals surface area contributed by atoms with E-state index in [1.165, 1.54) is 12.8 Å². The molecule has 0 aromatic carbocycles. The van der Waals surface area contributed by atoms with Crippen LogP contribution in [-0.4, -0.2) is 66.7 Å². The second-order valence-electron chi connectivity index (χ2n) is 6.15. The van der Waals surface area contributed by atoms with E-state index in [1.54, 1.807) is 0 Å². The molecule has 7 nitrogen and oxygen atoms in total. The summed E-state index contributed by atoms with van der Waals surface area (Å²) in [6, 6.07) is 1.96. The van der Waals surface area contributed by atoms with Gasteiger partial charge in [-0.3, -0.25) is 9.69 Å². The molecule has 3 rings (SSSR count). The van der Waals surface area contributed by atoms with E-state index in [0.717, 1.165) is 24.7 Å². The van der Waals surface area contributed by atoms with Crippen LogP contribution in [-0.2, 0) is 9.53 Å². The molecule has 2 N–H and O–H groups in total. The molecule has 2 fully saturated rings. The van der Waals surface area contributed by atoms with Crippen LogP contribution >= 0.6 is 0 Å². The maximum absolute atomic E-state index is 11.0. The molecule has 7 heteroatoms. The topological polar surface area (TPSA) is 84.6 Å². The Morgan fingerprint density at radius 3 is 3.09 bits per heavy atom. The number of aromatic nitrogens is 2. The molecule has 0 spiro atoms. The molecule has 1 saturated carbocycles. The van der Waals surface area contributed by atoms with Crippen LogP contribution in [0.1, 0.15) is 24.6 Å². The van der Waals surface area contributed by atoms with Gasteiger partial charge in [0.25, 0.3) is 0 Å². The molecule has 2 heterocycles. The van der Waals surface area contributed by atoms with Crippen molar-refractivity contribution in [2.24, 2.45) is 5.73 Å². The second-order valence-corrected chi connectivity index (χ2v) is 6.15. The number of hydrogen-bond donors (Lipinski definition) is 1. The molecule has 1 aromatic rings. The number of hydrogen-bond acceptors (Lipinski definition) is 6. The third kappa shape index (κ3) is 3.92. The molecule has 1 aliphatic carbocycles. The van der Waals surface area contributed by atoms with Crippen LogP contribution in [0.25, 0.3) is 0 Å². The summed E-state index contributed by atoms with van der Waals surface area (Å²) in [6.45, 7) is 3.19. The van der Waals surface area contributed by atoms with Crippen molar-refractivity contribution in [1.29, 1.82) is 0 Å². The fourth-order valence-electron chi connectivity index (χ4n) is 2.79. The van der Waals surface area contributed by atoms with Gasteiger partial charge in [-0.15, -0.1) is 0 Å². The van der Waals surface area contributed by atoms with Gasteiger partial charge in [-0.25, -0.2) is 9.97 Å². The number of likely N-dealkylation sites (N-methyl/N-ethyl adjacent to an activating group) is 1. The summed E-state index contributed by atoms with van der Waals surface area (Å²) in [5.74, 6) is 2.17. The highest BCUT2D eigenvalue weighted by atomic mass is 16.5. The minimum Gasteiger partial charge on any atom is -0.373 e. The van der Waals surface area contributed by atoms with Crippen molar-refractivity contribution in [2.75, 3.05) is 44.7 Å². The van der Waals surface area contributed by atoms with Gasteiger partial charge in [-0.05, 0) is 26.0 Å². The summed E-state index contributed by atoms with van der Waals surface area (Å²) in [5.41, 5.74) is 5.22. The molecule has 0 bridgehead atoms. The molecule has 1 aliphatic heterocycles. The van der Waals surface area contributed by atoms with Gasteiger partial charge < -0.3 is 15.4 Å². The molecular formula is C15H23N5O2. The Hall–Kier alpha value is -1.73. The van der Waals surface area contributed by atoms with Crippen LogP contribution in [0.2, 0.25) is 0 Å². The van der Waals surface area contributed by atoms with Crippen LogP contribution in [0, 0.1) is 0 Å². The first kappa shape index (κ1) is 15.2. The van der Waals surface area contributed by atoms with Crippen molar-refractivity contribution >= 4 is 11.7 Å². The normalized spacial score (nSPS) is 22.1. The lowest BCUT2D eigenvalue weighted by Crippen LogP contribution is -2.48. The summed E-state index contributed by atoms with van der Waals surface area (Å²) < 4.78 is 5.79. The fourth-order valence-corrected chi connectivity index (χ4v) is 2.79. The number of primary amides is 1. The van der Waals surface area contributed by atoms with E-state index >= 15 is 0 Å². The van der Waals surface area contributed by atoms with Crippen molar-refractivity contribution in [3.05, 3.63) is 18.1 Å². The number of nitrogens with two attached hydrogens (primary N) is 1. The Kier molecular flexibility index (Phi) is 4.54. The highest BCUT2D eigenvalue weighted by molar-refractivity contribution is 5.75. The number of carbonyl (C=O) groups excluding carboxylic acids is 1. The standard InChI is InChI=1S/C15H23N5O2/c1-19(10-13(16)21)8-12-9-20(6-7-22-12)14-4-5-17-15(18-14)11-2-3-11/h4-5,11-12H,2-3,6-10H2,1H3,(H2,16,21)/t12-/m0/s1. The summed E-state index contributed by atoms with van der Waals surface area (Å²) in [7, 11) is 1.88. The van der Waals surface area contributed by atoms with Crippen LogP contribution < -0.4 is 10.6 Å². The molecule has 1 aromatic heterocycles. The average Bonchev–Trinajstić information content (AvgIpc) is 3.31. The van der Waals surface area contributed by atoms with Crippen LogP contribution in [0.15, 0.2) is 12.3 Å². The van der Waals surface area contributed by atoms with E-state index in [2.05, 4.69) is 9.88 Å². The highest BCUT2D eigenvalue weighted by Gasteiger charge is 2.28. The van der Waals surface area contributed by atoms with Gasteiger partial charge in [0, 0.05) is 31.7 Å². The first-order valence-electron chi connectivity index (χ1n) is 7.78. The van der Waals surface area contributed by atoms with Crippen molar-refractivity contribution in [2.45, 2.75) is 24.9 Å². The predicted molar refractivity (Wildman–Crippen MR) is 82.7 cm³/mol. The van der Waals surface area contributed by atoms with E-state index < -0.39 is 0 Å². The largest absolute Gasteiger partial charge is 0.373 e. The Morgan fingerprint density at radius 2 is 2.36 bits per heavy atom. The number of carbonyl (C=O) groups is 1. The first-order valence-corrected chi connectivity index (χ1v) is 7.78. The Balaban J connectivity index is 1.60. The van der Waals surface area contributed by atoms with Crippen molar-refractivity contribution in [3.63, 3.8) is 0 Å². The second kappa shape index (κ2) is 6.58. The Labute approximate surface area is 130 Å². The van der Waals surface area contributed by atoms with E-state index in [9.17, 15) is 4.79 Å². The number of ether oxygens (including phenoxy) is 1. The number of morpholine rings is 1. The van der Waals surface area contributed by atoms with Gasteiger partial charge in [0.2, 0.25) is 5.91 Å². The lowest BCUT2D eigenvalue weighted by Gasteiger charge is -2.35. The molecule has 2 aliphatic rings. The lowest BCUT2D eigenvalue weighted by molar-refractivity contribution is -0.119. The van der Waals surface area contributed by atoms with Gasteiger partial charge in [0.15, 0.2) is 0 Å². The minimum absolute atomic E-state index is 0.0532. The number of amides is 1. The van der Waals surface area contributed by atoms with E-state index in [-0.39, 0.29) is 18.6 Å². The van der Waals surface area contributed by atoms with E-state index in [1.807, 2.05) is 24.2 Å². The lowest BCUT2D eigenvalue weighted by atomic mass is 10.2. The average molecular weight is 305 g/mol. The van der Waals surface area contributed by atoms with Crippen molar-refractivity contribution < 1.29 is 9.53 Å². The summed E-state index contributed by atoms with van der Waals surface area (Å²) in [5, 5.41) is 0. The molecule has 22 heavy (non-hydrogen) atoms. The zero-order valence-corrected chi connectivity index (χ0v) is 12.9. The third-order valence-corrected chi connectivity index (χ3v) is 4.01. The monoisotopic (exact) mass is 305 g/mol. The highest BCUT2D eigenvalue weighted by Crippen LogP contribution is 2.38. The first-order chi connectivity index (χ1) is 10.6. The number of anilines is 1. The van der Waals surface area contributed by atoms with Crippen molar-refractivity contribution in [1.82, 2.24) is 14.9 Å². The summed E-state index contributed by atoms with van der Waals surface area (Å²) in [4.78, 5) is 24.1. The summed E-state index contributed by atoms with van der Waals surface area (Å²) >= 11 is 0. The molecule has 1 saturated heterocycles. The van der Waals surface area contributed by atoms with Gasteiger partial charge >= 0.3 is 0 Å². The van der Waals surface area contributed by atoms with Gasteiger partial charge in [0.1, 0.15) is 11.6 Å². The fraction of sp³-hybridized carbons (Fsp3) is 0.667. The molecule has 120 valence electrons. The van der Waals surface area contributed by atoms with Crippen LogP contribution in [0.3, 0.4) is 0 Å². The van der Waals surface area contributed by atoms with E-state index in [0.29, 0.717) is 19.1 Å². The van der Waals surface area contributed by atoms with Crippen LogP contribution in [0.5, 0.6) is 0 Å². The SMILES string of the molecule is CN(CC(N)=O)C[C@H]1CN(c2ccnc(C3CC3)n2)CCO1. The number of rotatable bonds is 6. The Morgan fingerprint density at radius 1 is 1.55 bits per heavy atom. The molecule has 0 radical (unpaired) electrons.